The molecule has 0 radical (unpaired) electrons. The Morgan fingerprint density at radius 1 is 1.37 bits per heavy atom. The smallest absolute Gasteiger partial charge is 0.350 e. The predicted molar refractivity (Wildman–Crippen MR) is 98.6 cm³/mol. The molecular formula is C18H22ClF3N4O. The van der Waals surface area contributed by atoms with E-state index in [0.717, 1.165) is 25.0 Å². The highest BCUT2D eigenvalue weighted by molar-refractivity contribution is 5.95. The number of alkyl halides is 3. The molecule has 1 unspecified atom stereocenters. The van der Waals surface area contributed by atoms with Gasteiger partial charge >= 0.3 is 6.18 Å². The summed E-state index contributed by atoms with van der Waals surface area (Å²) < 4.78 is 40.5. The monoisotopic (exact) mass is 402 g/mol. The molecule has 1 aromatic carbocycles. The summed E-state index contributed by atoms with van der Waals surface area (Å²) in [5.74, 6) is -0.109. The van der Waals surface area contributed by atoms with Crippen LogP contribution in [0.15, 0.2) is 30.5 Å². The van der Waals surface area contributed by atoms with Gasteiger partial charge in [-0.1, -0.05) is 6.07 Å². The second kappa shape index (κ2) is 8.31. The molecule has 1 aliphatic carbocycles. The summed E-state index contributed by atoms with van der Waals surface area (Å²) in [5.41, 5.74) is 0.678. The second-order valence-electron chi connectivity index (χ2n) is 6.58. The molecule has 0 spiro atoms. The summed E-state index contributed by atoms with van der Waals surface area (Å²) in [6, 6.07) is 5.12. The normalized spacial score (nSPS) is 15.1. The topological polar surface area (TPSA) is 58.9 Å². The minimum atomic E-state index is -4.42. The quantitative estimate of drug-likeness (QED) is 0.777. The van der Waals surface area contributed by atoms with E-state index in [1.165, 1.54) is 16.9 Å². The van der Waals surface area contributed by atoms with E-state index in [-0.39, 0.29) is 30.3 Å². The summed E-state index contributed by atoms with van der Waals surface area (Å²) in [6.07, 6.45) is -1.19. The van der Waals surface area contributed by atoms with Gasteiger partial charge < -0.3 is 10.6 Å². The minimum Gasteiger partial charge on any atom is -0.350 e. The van der Waals surface area contributed by atoms with Crippen molar-refractivity contribution >= 4 is 18.3 Å². The third kappa shape index (κ3) is 4.81. The van der Waals surface area contributed by atoms with Crippen LogP contribution in [0.5, 0.6) is 0 Å². The highest BCUT2D eigenvalue weighted by atomic mass is 35.5. The van der Waals surface area contributed by atoms with E-state index in [2.05, 4.69) is 15.7 Å². The van der Waals surface area contributed by atoms with Gasteiger partial charge in [0.05, 0.1) is 28.7 Å². The number of hydrogen-bond donors (Lipinski definition) is 2. The van der Waals surface area contributed by atoms with Crippen molar-refractivity contribution in [2.24, 2.45) is 0 Å². The molecule has 1 heterocycles. The molecule has 0 saturated heterocycles. The van der Waals surface area contributed by atoms with Gasteiger partial charge in [0, 0.05) is 18.5 Å². The number of benzene rings is 1. The summed E-state index contributed by atoms with van der Waals surface area (Å²) >= 11 is 0. The Balaban J connectivity index is 0.00000261. The molecule has 27 heavy (non-hydrogen) atoms. The fourth-order valence-electron chi connectivity index (χ4n) is 2.75. The van der Waals surface area contributed by atoms with Gasteiger partial charge in [0.2, 0.25) is 0 Å². The molecule has 1 atom stereocenters. The van der Waals surface area contributed by atoms with Crippen molar-refractivity contribution in [3.8, 4) is 5.69 Å². The van der Waals surface area contributed by atoms with Crippen LogP contribution < -0.4 is 10.6 Å². The molecule has 1 fully saturated rings. The number of amides is 1. The van der Waals surface area contributed by atoms with Crippen LogP contribution in [0.2, 0.25) is 0 Å². The Labute approximate surface area is 161 Å². The van der Waals surface area contributed by atoms with Gasteiger partial charge in [-0.2, -0.15) is 18.3 Å². The Bertz CT molecular complexity index is 802. The van der Waals surface area contributed by atoms with Crippen LogP contribution in [0.3, 0.4) is 0 Å². The maximum Gasteiger partial charge on any atom is 0.416 e. The zero-order chi connectivity index (χ0) is 18.9. The van der Waals surface area contributed by atoms with Crippen molar-refractivity contribution in [3.05, 3.63) is 47.3 Å². The fraction of sp³-hybridized carbons (Fsp3) is 0.444. The number of likely N-dealkylation sites (N-methyl/N-ethyl adjacent to an activating group) is 1. The molecule has 9 heteroatoms. The van der Waals surface area contributed by atoms with Gasteiger partial charge in [0.25, 0.3) is 5.91 Å². The van der Waals surface area contributed by atoms with E-state index < -0.39 is 11.7 Å². The van der Waals surface area contributed by atoms with Crippen molar-refractivity contribution in [1.82, 2.24) is 20.4 Å². The fourth-order valence-corrected chi connectivity index (χ4v) is 2.75. The zero-order valence-electron chi connectivity index (χ0n) is 15.0. The number of nitrogens with one attached hydrogen (secondary N) is 2. The van der Waals surface area contributed by atoms with Crippen LogP contribution in [-0.4, -0.2) is 35.3 Å². The first-order valence-electron chi connectivity index (χ1n) is 8.52. The van der Waals surface area contributed by atoms with Gasteiger partial charge in [0.15, 0.2) is 0 Å². The van der Waals surface area contributed by atoms with E-state index in [9.17, 15) is 18.0 Å². The van der Waals surface area contributed by atoms with Gasteiger partial charge in [-0.15, -0.1) is 12.4 Å². The lowest BCUT2D eigenvalue weighted by Gasteiger charge is -2.13. The minimum absolute atomic E-state index is 0. The highest BCUT2D eigenvalue weighted by Gasteiger charge is 2.34. The zero-order valence-corrected chi connectivity index (χ0v) is 15.8. The number of rotatable bonds is 6. The number of aromatic nitrogens is 2. The molecule has 1 saturated carbocycles. The average molecular weight is 403 g/mol. The maximum absolute atomic E-state index is 13.0. The van der Waals surface area contributed by atoms with Crippen molar-refractivity contribution in [3.63, 3.8) is 0 Å². The van der Waals surface area contributed by atoms with Crippen LogP contribution in [0, 0.1) is 0 Å². The van der Waals surface area contributed by atoms with Gasteiger partial charge in [-0.05, 0) is 45.0 Å². The van der Waals surface area contributed by atoms with Crippen molar-refractivity contribution in [1.29, 1.82) is 0 Å². The summed E-state index contributed by atoms with van der Waals surface area (Å²) in [6.45, 7) is 2.39. The first kappa shape index (κ1) is 21.2. The summed E-state index contributed by atoms with van der Waals surface area (Å²) in [7, 11) is 1.80. The van der Waals surface area contributed by atoms with E-state index in [1.54, 1.807) is 13.1 Å². The first-order chi connectivity index (χ1) is 12.3. The molecule has 1 aliphatic rings. The van der Waals surface area contributed by atoms with Gasteiger partial charge in [0.1, 0.15) is 0 Å². The van der Waals surface area contributed by atoms with Crippen LogP contribution in [0.1, 0.15) is 47.3 Å². The van der Waals surface area contributed by atoms with E-state index in [1.807, 2.05) is 6.92 Å². The molecule has 3 rings (SSSR count). The third-order valence-corrected chi connectivity index (χ3v) is 4.49. The Hall–Kier alpha value is -2.06. The van der Waals surface area contributed by atoms with E-state index in [4.69, 9.17) is 0 Å². The molecule has 0 aliphatic heterocycles. The van der Waals surface area contributed by atoms with Crippen molar-refractivity contribution in [2.75, 3.05) is 13.6 Å². The lowest BCUT2D eigenvalue weighted by atomic mass is 10.1. The lowest BCUT2D eigenvalue weighted by Crippen LogP contribution is -2.37. The predicted octanol–water partition coefficient (Wildman–Crippen LogP) is 3.53. The van der Waals surface area contributed by atoms with E-state index >= 15 is 0 Å². The van der Waals surface area contributed by atoms with Gasteiger partial charge in [-0.25, -0.2) is 4.68 Å². The molecule has 2 aromatic rings. The summed E-state index contributed by atoms with van der Waals surface area (Å²) in [4.78, 5) is 12.5. The first-order valence-corrected chi connectivity index (χ1v) is 8.52. The number of hydrogen-bond acceptors (Lipinski definition) is 3. The number of nitrogens with zero attached hydrogens (tertiary/aromatic N) is 2. The maximum atomic E-state index is 13.0. The SMILES string of the molecule is CNC(C)CNC(=O)c1cnn(-c2cccc(C(F)(F)F)c2)c1C1CC1.Cl. The second-order valence-corrected chi connectivity index (χ2v) is 6.58. The number of halogens is 4. The Kier molecular flexibility index (Phi) is 6.54. The highest BCUT2D eigenvalue weighted by Crippen LogP contribution is 2.42. The molecular weight excluding hydrogens is 381 g/mol. The standard InChI is InChI=1S/C18H21F3N4O.ClH/c1-11(22-2)9-23-17(26)15-10-24-25(16(15)12-6-7-12)14-5-3-4-13(8-14)18(19,20)21;/h3-5,8,10-12,22H,6-7,9H2,1-2H3,(H,23,26);1H. The van der Waals surface area contributed by atoms with Crippen LogP contribution in [0.4, 0.5) is 13.2 Å². The Morgan fingerprint density at radius 2 is 2.07 bits per heavy atom. The molecule has 2 N–H and O–H groups in total. The summed E-state index contributed by atoms with van der Waals surface area (Å²) in [5, 5.41) is 10.1. The largest absolute Gasteiger partial charge is 0.416 e. The van der Waals surface area contributed by atoms with Crippen LogP contribution >= 0.6 is 12.4 Å². The van der Waals surface area contributed by atoms with Crippen molar-refractivity contribution in [2.45, 2.75) is 37.9 Å². The van der Waals surface area contributed by atoms with E-state index in [0.29, 0.717) is 23.5 Å². The molecule has 1 amide bonds. The molecule has 5 nitrogen and oxygen atoms in total. The lowest BCUT2D eigenvalue weighted by molar-refractivity contribution is -0.137. The van der Waals surface area contributed by atoms with Gasteiger partial charge in [-0.3, -0.25) is 4.79 Å². The molecule has 148 valence electrons. The molecule has 1 aromatic heterocycles. The number of carbonyl (C=O) groups is 1. The number of carbonyl (C=O) groups excluding carboxylic acids is 1. The van der Waals surface area contributed by atoms with Crippen LogP contribution in [0.25, 0.3) is 5.69 Å². The van der Waals surface area contributed by atoms with Crippen molar-refractivity contribution < 1.29 is 18.0 Å². The van der Waals surface area contributed by atoms with Crippen LogP contribution in [-0.2, 0) is 6.18 Å². The third-order valence-electron chi connectivity index (χ3n) is 4.49. The molecule has 0 bridgehead atoms. The Morgan fingerprint density at radius 3 is 2.67 bits per heavy atom. The average Bonchev–Trinajstić information content (AvgIpc) is 3.36.